The summed E-state index contributed by atoms with van der Waals surface area (Å²) in [6.07, 6.45) is 6.05. The first-order chi connectivity index (χ1) is 12.6. The van der Waals surface area contributed by atoms with Crippen LogP contribution in [-0.2, 0) is 4.79 Å². The van der Waals surface area contributed by atoms with Crippen molar-refractivity contribution in [2.75, 3.05) is 12.4 Å². The second-order valence-electron chi connectivity index (χ2n) is 6.52. The van der Waals surface area contributed by atoms with Crippen molar-refractivity contribution in [1.29, 1.82) is 0 Å². The van der Waals surface area contributed by atoms with Crippen LogP contribution in [0.4, 0.5) is 5.13 Å². The predicted octanol–water partition coefficient (Wildman–Crippen LogP) is 3.83. The van der Waals surface area contributed by atoms with Crippen LogP contribution in [0.2, 0.25) is 5.02 Å². The Morgan fingerprint density at radius 1 is 1.27 bits per heavy atom. The fourth-order valence-corrected chi connectivity index (χ4v) is 4.45. The van der Waals surface area contributed by atoms with Crippen LogP contribution in [0.15, 0.2) is 30.5 Å². The Balaban J connectivity index is 1.53. The van der Waals surface area contributed by atoms with Crippen LogP contribution < -0.4 is 10.6 Å². The summed E-state index contributed by atoms with van der Waals surface area (Å²) in [7, 11) is 1.70. The molecule has 1 aliphatic carbocycles. The standard InChI is InChI=1S/C18H20ClN5OS/c1-20-16(25)13-4-2-3-5-14(13)21-17-23-24-10-15(22-18(24)26-17)11-6-8-12(19)9-7-11/h6-10,13-14H,2-5H2,1H3,(H,20,25)(H,21,23). The first-order valence-electron chi connectivity index (χ1n) is 8.74. The van der Waals surface area contributed by atoms with Crippen LogP contribution in [0, 0.1) is 5.92 Å². The van der Waals surface area contributed by atoms with E-state index >= 15 is 0 Å². The van der Waals surface area contributed by atoms with Crippen LogP contribution >= 0.6 is 22.9 Å². The third-order valence-corrected chi connectivity index (χ3v) is 5.95. The van der Waals surface area contributed by atoms with Gasteiger partial charge >= 0.3 is 0 Å². The van der Waals surface area contributed by atoms with Gasteiger partial charge in [0.05, 0.1) is 17.8 Å². The van der Waals surface area contributed by atoms with Crippen molar-refractivity contribution in [1.82, 2.24) is 19.9 Å². The predicted molar refractivity (Wildman–Crippen MR) is 105 cm³/mol. The number of aromatic nitrogens is 3. The third-order valence-electron chi connectivity index (χ3n) is 4.84. The number of fused-ring (bicyclic) bond motifs is 1. The number of halogens is 1. The smallest absolute Gasteiger partial charge is 0.224 e. The molecule has 0 saturated heterocycles. The van der Waals surface area contributed by atoms with E-state index in [9.17, 15) is 4.79 Å². The highest BCUT2D eigenvalue weighted by Crippen LogP contribution is 2.30. The first-order valence-corrected chi connectivity index (χ1v) is 9.94. The molecule has 8 heteroatoms. The van der Waals surface area contributed by atoms with Gasteiger partial charge < -0.3 is 10.6 Å². The monoisotopic (exact) mass is 389 g/mol. The van der Waals surface area contributed by atoms with Gasteiger partial charge in [-0.05, 0) is 25.0 Å². The number of anilines is 1. The molecule has 2 heterocycles. The summed E-state index contributed by atoms with van der Waals surface area (Å²) in [6.45, 7) is 0. The van der Waals surface area contributed by atoms with Crippen molar-refractivity contribution in [3.63, 3.8) is 0 Å². The van der Waals surface area contributed by atoms with Crippen LogP contribution in [0.25, 0.3) is 16.2 Å². The average Bonchev–Trinajstić information content (AvgIpc) is 3.20. The van der Waals surface area contributed by atoms with E-state index in [1.807, 2.05) is 30.5 Å². The van der Waals surface area contributed by atoms with Crippen LogP contribution in [0.3, 0.4) is 0 Å². The molecule has 0 spiro atoms. The van der Waals surface area contributed by atoms with E-state index in [-0.39, 0.29) is 17.9 Å². The van der Waals surface area contributed by atoms with Crippen molar-refractivity contribution in [3.8, 4) is 11.3 Å². The number of nitrogens with zero attached hydrogens (tertiary/aromatic N) is 3. The number of amides is 1. The van der Waals surface area contributed by atoms with Gasteiger partial charge in [0, 0.05) is 23.7 Å². The molecule has 1 saturated carbocycles. The largest absolute Gasteiger partial charge is 0.359 e. The molecule has 26 heavy (non-hydrogen) atoms. The Morgan fingerprint density at radius 3 is 2.77 bits per heavy atom. The molecule has 1 aromatic carbocycles. The number of hydrogen-bond donors (Lipinski definition) is 2. The maximum atomic E-state index is 12.1. The van der Waals surface area contributed by atoms with Gasteiger partial charge in [0.25, 0.3) is 0 Å². The zero-order valence-electron chi connectivity index (χ0n) is 14.4. The minimum absolute atomic E-state index is 0.00500. The maximum absolute atomic E-state index is 12.1. The highest BCUT2D eigenvalue weighted by Gasteiger charge is 2.31. The van der Waals surface area contributed by atoms with Crippen molar-refractivity contribution < 1.29 is 4.79 Å². The summed E-state index contributed by atoms with van der Waals surface area (Å²) in [5.74, 6) is 0.100. The lowest BCUT2D eigenvalue weighted by Gasteiger charge is -2.30. The molecule has 6 nitrogen and oxygen atoms in total. The van der Waals surface area contributed by atoms with E-state index in [1.54, 1.807) is 11.6 Å². The molecule has 2 aromatic heterocycles. The number of nitrogens with one attached hydrogen (secondary N) is 2. The second kappa shape index (κ2) is 7.25. The number of carbonyl (C=O) groups excluding carboxylic acids is 1. The summed E-state index contributed by atoms with van der Waals surface area (Å²) < 4.78 is 1.79. The van der Waals surface area contributed by atoms with Gasteiger partial charge in [-0.15, -0.1) is 5.10 Å². The van der Waals surface area contributed by atoms with E-state index in [0.717, 1.165) is 47.0 Å². The van der Waals surface area contributed by atoms with E-state index < -0.39 is 0 Å². The zero-order chi connectivity index (χ0) is 18.1. The molecule has 2 unspecified atom stereocenters. The molecular weight excluding hydrogens is 370 g/mol. The number of carbonyl (C=O) groups is 1. The molecule has 2 atom stereocenters. The first kappa shape index (κ1) is 17.3. The zero-order valence-corrected chi connectivity index (χ0v) is 16.0. The SMILES string of the molecule is CNC(=O)C1CCCCC1Nc1nn2cc(-c3ccc(Cl)cc3)nc2s1. The van der Waals surface area contributed by atoms with Crippen LogP contribution in [-0.4, -0.2) is 33.6 Å². The van der Waals surface area contributed by atoms with Crippen molar-refractivity contribution in [2.24, 2.45) is 5.92 Å². The van der Waals surface area contributed by atoms with E-state index in [1.165, 1.54) is 11.3 Å². The Morgan fingerprint density at radius 2 is 2.04 bits per heavy atom. The number of imidazole rings is 1. The van der Waals surface area contributed by atoms with Crippen LogP contribution in [0.1, 0.15) is 25.7 Å². The Hall–Kier alpha value is -2.12. The molecule has 0 bridgehead atoms. The van der Waals surface area contributed by atoms with E-state index in [0.29, 0.717) is 5.02 Å². The van der Waals surface area contributed by atoms with Gasteiger partial charge in [-0.2, -0.15) is 0 Å². The van der Waals surface area contributed by atoms with Gasteiger partial charge in [-0.1, -0.05) is 47.9 Å². The summed E-state index contributed by atoms with van der Waals surface area (Å²) in [5, 5.41) is 12.3. The van der Waals surface area contributed by atoms with E-state index in [4.69, 9.17) is 11.6 Å². The number of benzene rings is 1. The summed E-state index contributed by atoms with van der Waals surface area (Å²) in [5.41, 5.74) is 1.88. The number of rotatable bonds is 4. The van der Waals surface area contributed by atoms with Crippen LogP contribution in [0.5, 0.6) is 0 Å². The minimum atomic E-state index is -0.00500. The fourth-order valence-electron chi connectivity index (χ4n) is 3.48. The average molecular weight is 390 g/mol. The summed E-state index contributed by atoms with van der Waals surface area (Å²) in [6, 6.07) is 7.73. The lowest BCUT2D eigenvalue weighted by atomic mass is 9.84. The molecule has 2 N–H and O–H groups in total. The second-order valence-corrected chi connectivity index (χ2v) is 7.92. The van der Waals surface area contributed by atoms with E-state index in [2.05, 4.69) is 20.7 Å². The van der Waals surface area contributed by atoms with Gasteiger partial charge in [-0.3, -0.25) is 4.79 Å². The molecule has 1 aliphatic rings. The molecule has 0 aliphatic heterocycles. The Kier molecular flexibility index (Phi) is 4.82. The molecule has 4 rings (SSSR count). The minimum Gasteiger partial charge on any atom is -0.359 e. The normalized spacial score (nSPS) is 20.2. The Labute approximate surface area is 160 Å². The van der Waals surface area contributed by atoms with Crippen molar-refractivity contribution in [2.45, 2.75) is 31.7 Å². The highest BCUT2D eigenvalue weighted by molar-refractivity contribution is 7.20. The fraction of sp³-hybridized carbons (Fsp3) is 0.389. The lowest BCUT2D eigenvalue weighted by Crippen LogP contribution is -2.41. The van der Waals surface area contributed by atoms with Crippen molar-refractivity contribution >= 4 is 38.9 Å². The quantitative estimate of drug-likeness (QED) is 0.711. The summed E-state index contributed by atoms with van der Waals surface area (Å²) >= 11 is 7.44. The molecule has 0 radical (unpaired) electrons. The summed E-state index contributed by atoms with van der Waals surface area (Å²) in [4.78, 5) is 17.6. The third kappa shape index (κ3) is 3.41. The molecule has 3 aromatic rings. The molecule has 1 amide bonds. The molecular formula is C18H20ClN5OS. The molecule has 136 valence electrons. The van der Waals surface area contributed by atoms with Gasteiger partial charge in [-0.25, -0.2) is 9.50 Å². The lowest BCUT2D eigenvalue weighted by molar-refractivity contribution is -0.125. The van der Waals surface area contributed by atoms with Gasteiger partial charge in [0.2, 0.25) is 16.0 Å². The number of hydrogen-bond acceptors (Lipinski definition) is 5. The maximum Gasteiger partial charge on any atom is 0.224 e. The molecule has 1 fully saturated rings. The Bertz CT molecular complexity index is 888. The highest BCUT2D eigenvalue weighted by atomic mass is 35.5. The van der Waals surface area contributed by atoms with Gasteiger partial charge in [0.15, 0.2) is 0 Å². The van der Waals surface area contributed by atoms with Gasteiger partial charge in [0.1, 0.15) is 0 Å². The topological polar surface area (TPSA) is 71.3 Å². The van der Waals surface area contributed by atoms with Crippen molar-refractivity contribution in [3.05, 3.63) is 35.5 Å².